The second-order valence-corrected chi connectivity index (χ2v) is 5.77. The summed E-state index contributed by atoms with van der Waals surface area (Å²) >= 11 is 0. The minimum Gasteiger partial charge on any atom is -0.0850 e. The van der Waals surface area contributed by atoms with Gasteiger partial charge in [-0.15, -0.1) is 0 Å². The van der Waals surface area contributed by atoms with Gasteiger partial charge in [-0.05, 0) is 49.4 Å². The van der Waals surface area contributed by atoms with E-state index in [0.717, 1.165) is 23.7 Å². The van der Waals surface area contributed by atoms with Gasteiger partial charge < -0.3 is 0 Å². The van der Waals surface area contributed by atoms with E-state index >= 15 is 0 Å². The molecule has 15 heavy (non-hydrogen) atoms. The molecule has 2 fully saturated rings. The van der Waals surface area contributed by atoms with E-state index in [1.54, 1.807) is 0 Å². The molecule has 2 rings (SSSR count). The first-order valence-electron chi connectivity index (χ1n) is 6.94. The molecular formula is C15H26. The van der Waals surface area contributed by atoms with Crippen LogP contribution in [-0.2, 0) is 0 Å². The summed E-state index contributed by atoms with van der Waals surface area (Å²) in [6.45, 7) is 7.21. The van der Waals surface area contributed by atoms with Gasteiger partial charge in [-0.3, -0.25) is 0 Å². The monoisotopic (exact) mass is 206 g/mol. The molecule has 0 nitrogen and oxygen atoms in total. The first-order chi connectivity index (χ1) is 7.24. The Morgan fingerprint density at radius 1 is 1.13 bits per heavy atom. The Hall–Kier alpha value is -0.260. The third-order valence-electron chi connectivity index (χ3n) is 4.79. The molecule has 2 saturated carbocycles. The van der Waals surface area contributed by atoms with Gasteiger partial charge in [-0.25, -0.2) is 0 Å². The minimum atomic E-state index is 0.872. The van der Waals surface area contributed by atoms with Crippen LogP contribution in [0.1, 0.15) is 59.3 Å². The lowest BCUT2D eigenvalue weighted by molar-refractivity contribution is 0.137. The average Bonchev–Trinajstić information content (AvgIpc) is 2.23. The molecule has 0 heteroatoms. The highest BCUT2D eigenvalue weighted by Gasteiger charge is 2.37. The zero-order valence-electron chi connectivity index (χ0n) is 10.6. The van der Waals surface area contributed by atoms with Gasteiger partial charge in [0.25, 0.3) is 0 Å². The van der Waals surface area contributed by atoms with Crippen molar-refractivity contribution in [2.75, 3.05) is 0 Å². The van der Waals surface area contributed by atoms with Gasteiger partial charge in [-0.1, -0.05) is 45.3 Å². The lowest BCUT2D eigenvalue weighted by atomic mass is 9.61. The van der Waals surface area contributed by atoms with Crippen molar-refractivity contribution < 1.29 is 0 Å². The van der Waals surface area contributed by atoms with Gasteiger partial charge in [0.1, 0.15) is 0 Å². The standard InChI is InChI=1S/C15H26/c1-4-6-13-12(3)9-10-14-11(2)7-5-8-15(13)14/h6,11-12,14-15H,4-5,7-10H2,1-3H3/b13-6+. The summed E-state index contributed by atoms with van der Waals surface area (Å²) < 4.78 is 0. The van der Waals surface area contributed by atoms with Crippen LogP contribution in [0.5, 0.6) is 0 Å². The van der Waals surface area contributed by atoms with Crippen molar-refractivity contribution in [2.45, 2.75) is 59.3 Å². The Morgan fingerprint density at radius 2 is 1.93 bits per heavy atom. The van der Waals surface area contributed by atoms with Gasteiger partial charge in [0.05, 0.1) is 0 Å². The first kappa shape index (κ1) is 11.2. The SMILES string of the molecule is CC/C=C1\C(C)CCC2C(C)CCCC12. The van der Waals surface area contributed by atoms with Gasteiger partial charge in [0.2, 0.25) is 0 Å². The van der Waals surface area contributed by atoms with Crippen LogP contribution < -0.4 is 0 Å². The van der Waals surface area contributed by atoms with Gasteiger partial charge >= 0.3 is 0 Å². The van der Waals surface area contributed by atoms with Crippen molar-refractivity contribution in [2.24, 2.45) is 23.7 Å². The largest absolute Gasteiger partial charge is 0.0850 e. The number of rotatable bonds is 1. The van der Waals surface area contributed by atoms with Crippen molar-refractivity contribution in [3.63, 3.8) is 0 Å². The molecule has 0 bridgehead atoms. The fraction of sp³-hybridized carbons (Fsp3) is 0.867. The molecule has 0 aromatic carbocycles. The fourth-order valence-electron chi connectivity index (χ4n) is 3.95. The Labute approximate surface area is 95.1 Å². The van der Waals surface area contributed by atoms with Gasteiger partial charge in [0, 0.05) is 0 Å². The third-order valence-corrected chi connectivity index (χ3v) is 4.79. The highest BCUT2D eigenvalue weighted by atomic mass is 14.4. The molecule has 2 aliphatic carbocycles. The molecule has 0 N–H and O–H groups in total. The third kappa shape index (κ3) is 2.14. The molecular weight excluding hydrogens is 180 g/mol. The van der Waals surface area contributed by atoms with E-state index in [2.05, 4.69) is 26.8 Å². The van der Waals surface area contributed by atoms with Crippen molar-refractivity contribution >= 4 is 0 Å². The molecule has 0 saturated heterocycles. The maximum absolute atomic E-state index is 2.54. The quantitative estimate of drug-likeness (QED) is 0.540. The van der Waals surface area contributed by atoms with E-state index in [4.69, 9.17) is 0 Å². The van der Waals surface area contributed by atoms with E-state index in [-0.39, 0.29) is 0 Å². The van der Waals surface area contributed by atoms with Crippen LogP contribution in [-0.4, -0.2) is 0 Å². The summed E-state index contributed by atoms with van der Waals surface area (Å²) in [6, 6.07) is 0. The molecule has 86 valence electrons. The highest BCUT2D eigenvalue weighted by Crippen LogP contribution is 2.48. The molecule has 0 aliphatic heterocycles. The maximum atomic E-state index is 2.54. The number of fused-ring (bicyclic) bond motifs is 1. The summed E-state index contributed by atoms with van der Waals surface area (Å²) in [5.41, 5.74) is 1.82. The summed E-state index contributed by atoms with van der Waals surface area (Å²) in [4.78, 5) is 0. The minimum absolute atomic E-state index is 0.872. The highest BCUT2D eigenvalue weighted by molar-refractivity contribution is 5.15. The van der Waals surface area contributed by atoms with E-state index in [1.807, 2.05) is 5.57 Å². The molecule has 0 spiro atoms. The van der Waals surface area contributed by atoms with E-state index in [0.29, 0.717) is 0 Å². The van der Waals surface area contributed by atoms with Crippen LogP contribution in [0, 0.1) is 23.7 Å². The molecule has 0 aromatic rings. The lowest BCUT2D eigenvalue weighted by Crippen LogP contribution is -2.34. The number of allylic oxidation sites excluding steroid dienone is 2. The Kier molecular flexibility index (Phi) is 3.53. The Balaban J connectivity index is 2.18. The second-order valence-electron chi connectivity index (χ2n) is 5.77. The lowest BCUT2D eigenvalue weighted by Gasteiger charge is -2.44. The van der Waals surface area contributed by atoms with Crippen LogP contribution in [0.25, 0.3) is 0 Å². The van der Waals surface area contributed by atoms with Crippen LogP contribution in [0.15, 0.2) is 11.6 Å². The zero-order valence-corrected chi connectivity index (χ0v) is 10.6. The second kappa shape index (κ2) is 4.72. The Morgan fingerprint density at radius 3 is 2.67 bits per heavy atom. The van der Waals surface area contributed by atoms with Gasteiger partial charge in [0.15, 0.2) is 0 Å². The molecule has 0 radical (unpaired) electrons. The predicted octanol–water partition coefficient (Wildman–Crippen LogP) is 4.81. The molecule has 4 unspecified atom stereocenters. The van der Waals surface area contributed by atoms with Crippen molar-refractivity contribution in [1.82, 2.24) is 0 Å². The van der Waals surface area contributed by atoms with Crippen LogP contribution >= 0.6 is 0 Å². The van der Waals surface area contributed by atoms with Crippen LogP contribution in [0.3, 0.4) is 0 Å². The van der Waals surface area contributed by atoms with E-state index in [1.165, 1.54) is 38.5 Å². The topological polar surface area (TPSA) is 0 Å². The van der Waals surface area contributed by atoms with Crippen LogP contribution in [0.4, 0.5) is 0 Å². The average molecular weight is 206 g/mol. The zero-order chi connectivity index (χ0) is 10.8. The summed E-state index contributed by atoms with van der Waals surface area (Å²) in [5.74, 6) is 3.83. The predicted molar refractivity (Wildman–Crippen MR) is 66.8 cm³/mol. The summed E-state index contributed by atoms with van der Waals surface area (Å²) in [5, 5.41) is 0. The Bertz CT molecular complexity index is 238. The smallest absolute Gasteiger partial charge is 0.0170 e. The molecule has 0 heterocycles. The van der Waals surface area contributed by atoms with E-state index in [9.17, 15) is 0 Å². The molecule has 4 atom stereocenters. The molecule has 0 aromatic heterocycles. The van der Waals surface area contributed by atoms with E-state index < -0.39 is 0 Å². The molecule has 0 amide bonds. The van der Waals surface area contributed by atoms with Crippen molar-refractivity contribution in [3.05, 3.63) is 11.6 Å². The van der Waals surface area contributed by atoms with Gasteiger partial charge in [-0.2, -0.15) is 0 Å². The van der Waals surface area contributed by atoms with Crippen molar-refractivity contribution in [3.8, 4) is 0 Å². The summed E-state index contributed by atoms with van der Waals surface area (Å²) in [7, 11) is 0. The number of hydrogen-bond acceptors (Lipinski definition) is 0. The van der Waals surface area contributed by atoms with Crippen LogP contribution in [0.2, 0.25) is 0 Å². The summed E-state index contributed by atoms with van der Waals surface area (Å²) in [6.07, 6.45) is 11.1. The van der Waals surface area contributed by atoms with Crippen molar-refractivity contribution in [1.29, 1.82) is 0 Å². The maximum Gasteiger partial charge on any atom is -0.0170 e. The first-order valence-corrected chi connectivity index (χ1v) is 6.94. The fourth-order valence-corrected chi connectivity index (χ4v) is 3.95. The normalized spacial score (nSPS) is 44.1. The molecule has 2 aliphatic rings. The number of hydrogen-bond donors (Lipinski definition) is 0.